The van der Waals surface area contributed by atoms with Crippen LogP contribution < -0.4 is 5.32 Å². The van der Waals surface area contributed by atoms with Gasteiger partial charge in [-0.1, -0.05) is 0 Å². The Kier molecular flexibility index (Phi) is 4.58. The van der Waals surface area contributed by atoms with E-state index in [1.165, 1.54) is 0 Å². The molecule has 1 aliphatic heterocycles. The minimum absolute atomic E-state index is 0.224. The van der Waals surface area contributed by atoms with Crippen LogP contribution in [0, 0.1) is 0 Å². The van der Waals surface area contributed by atoms with Gasteiger partial charge in [-0.05, 0) is 19.3 Å². The smallest absolute Gasteiger partial charge is 0.248 e. The van der Waals surface area contributed by atoms with E-state index < -0.39 is 6.61 Å². The minimum atomic E-state index is -0.443. The molecule has 1 aliphatic carbocycles. The van der Waals surface area contributed by atoms with Crippen molar-refractivity contribution in [3.63, 3.8) is 0 Å². The van der Waals surface area contributed by atoms with Crippen LogP contribution in [-0.2, 0) is 31.2 Å². The lowest BCUT2D eigenvalue weighted by molar-refractivity contribution is -0.134. The molecule has 0 atom stereocenters. The summed E-state index contributed by atoms with van der Waals surface area (Å²) in [4.78, 5) is 23.2. The first-order valence-electron chi connectivity index (χ1n) is 9.13. The third-order valence-corrected chi connectivity index (χ3v) is 5.01. The monoisotopic (exact) mass is 356 g/mol. The molecule has 0 unspecified atom stereocenters. The Balaban J connectivity index is 1.59. The van der Waals surface area contributed by atoms with Crippen LogP contribution in [0.2, 0.25) is 0 Å². The van der Waals surface area contributed by atoms with Crippen LogP contribution in [0.25, 0.3) is 0 Å². The molecule has 0 radical (unpaired) electrons. The molecule has 0 saturated heterocycles. The standard InChI is InChI=1S/C18H24N6O2/c1-23-10-12(9-20-23)8-19-18-14-4-6-24(16(26)11-25)7-5-15(14)21-17(22-18)13-2-3-13/h9-10,13,25H,2-8,11H2,1H3,(H,19,21,22). The molecule has 26 heavy (non-hydrogen) atoms. The lowest BCUT2D eigenvalue weighted by atomic mass is 10.1. The molecule has 2 N–H and O–H groups in total. The molecule has 2 aliphatic rings. The van der Waals surface area contributed by atoms with E-state index in [-0.39, 0.29) is 5.91 Å². The van der Waals surface area contributed by atoms with E-state index >= 15 is 0 Å². The van der Waals surface area contributed by atoms with Crippen LogP contribution in [0.3, 0.4) is 0 Å². The second kappa shape index (κ2) is 7.03. The maximum absolute atomic E-state index is 11.9. The Labute approximate surface area is 152 Å². The highest BCUT2D eigenvalue weighted by Gasteiger charge is 2.30. The van der Waals surface area contributed by atoms with Gasteiger partial charge in [0.1, 0.15) is 18.2 Å². The van der Waals surface area contributed by atoms with E-state index in [0.717, 1.165) is 41.3 Å². The normalized spacial score (nSPS) is 16.9. The number of aryl methyl sites for hydroxylation is 1. The van der Waals surface area contributed by atoms with E-state index in [9.17, 15) is 4.79 Å². The van der Waals surface area contributed by atoms with Crippen molar-refractivity contribution < 1.29 is 9.90 Å². The van der Waals surface area contributed by atoms with Crippen LogP contribution >= 0.6 is 0 Å². The second-order valence-electron chi connectivity index (χ2n) is 7.04. The summed E-state index contributed by atoms with van der Waals surface area (Å²) in [5, 5.41) is 16.8. The number of aliphatic hydroxyl groups excluding tert-OH is 1. The van der Waals surface area contributed by atoms with Gasteiger partial charge in [-0.25, -0.2) is 9.97 Å². The van der Waals surface area contributed by atoms with Crippen molar-refractivity contribution in [3.8, 4) is 0 Å². The number of aromatic nitrogens is 4. The van der Waals surface area contributed by atoms with E-state index in [0.29, 0.717) is 38.4 Å². The molecule has 0 bridgehead atoms. The van der Waals surface area contributed by atoms with Gasteiger partial charge in [0.2, 0.25) is 5.91 Å². The average molecular weight is 356 g/mol. The zero-order valence-electron chi connectivity index (χ0n) is 15.0. The van der Waals surface area contributed by atoms with Crippen molar-refractivity contribution in [2.75, 3.05) is 25.0 Å². The highest BCUT2D eigenvalue weighted by Crippen LogP contribution is 2.39. The van der Waals surface area contributed by atoms with Crippen molar-refractivity contribution in [3.05, 3.63) is 35.0 Å². The number of carbonyl (C=O) groups is 1. The predicted octanol–water partition coefficient (Wildman–Crippen LogP) is 0.619. The number of nitrogens with one attached hydrogen (secondary N) is 1. The fourth-order valence-electron chi connectivity index (χ4n) is 3.39. The Hall–Kier alpha value is -2.48. The van der Waals surface area contributed by atoms with Gasteiger partial charge in [0, 0.05) is 56.3 Å². The molecule has 138 valence electrons. The maximum Gasteiger partial charge on any atom is 0.248 e. The summed E-state index contributed by atoms with van der Waals surface area (Å²) in [6.45, 7) is 1.39. The molecule has 2 aromatic rings. The second-order valence-corrected chi connectivity index (χ2v) is 7.04. The highest BCUT2D eigenvalue weighted by atomic mass is 16.3. The molecule has 4 rings (SSSR count). The minimum Gasteiger partial charge on any atom is -0.387 e. The Morgan fingerprint density at radius 1 is 1.31 bits per heavy atom. The number of hydrogen-bond donors (Lipinski definition) is 2. The quantitative estimate of drug-likeness (QED) is 0.815. The number of aliphatic hydroxyl groups is 1. The zero-order valence-corrected chi connectivity index (χ0v) is 15.0. The molecule has 3 heterocycles. The third kappa shape index (κ3) is 3.55. The summed E-state index contributed by atoms with van der Waals surface area (Å²) < 4.78 is 1.78. The number of anilines is 1. The van der Waals surface area contributed by atoms with Gasteiger partial charge in [-0.15, -0.1) is 0 Å². The Morgan fingerprint density at radius 3 is 2.81 bits per heavy atom. The summed E-state index contributed by atoms with van der Waals surface area (Å²) >= 11 is 0. The van der Waals surface area contributed by atoms with Crippen LogP contribution in [0.15, 0.2) is 12.4 Å². The molecule has 0 aromatic carbocycles. The summed E-state index contributed by atoms with van der Waals surface area (Å²) in [5.41, 5.74) is 3.22. The summed E-state index contributed by atoms with van der Waals surface area (Å²) in [6, 6.07) is 0. The predicted molar refractivity (Wildman–Crippen MR) is 95.6 cm³/mol. The highest BCUT2D eigenvalue weighted by molar-refractivity contribution is 5.77. The SMILES string of the molecule is Cn1cc(CNc2nc(C3CC3)nc3c2CCN(C(=O)CO)CC3)cn1. The largest absolute Gasteiger partial charge is 0.387 e. The summed E-state index contributed by atoms with van der Waals surface area (Å²) in [6.07, 6.45) is 7.52. The molecule has 8 nitrogen and oxygen atoms in total. The Bertz CT molecular complexity index is 814. The summed E-state index contributed by atoms with van der Waals surface area (Å²) in [7, 11) is 1.90. The molecular weight excluding hydrogens is 332 g/mol. The zero-order chi connectivity index (χ0) is 18.1. The molecular formula is C18H24N6O2. The number of amides is 1. The van der Waals surface area contributed by atoms with Crippen molar-refractivity contribution in [1.29, 1.82) is 0 Å². The van der Waals surface area contributed by atoms with Crippen LogP contribution in [0.1, 0.15) is 41.4 Å². The van der Waals surface area contributed by atoms with E-state index in [2.05, 4.69) is 10.4 Å². The lowest BCUT2D eigenvalue weighted by Gasteiger charge is -2.18. The van der Waals surface area contributed by atoms with Gasteiger partial charge in [-0.2, -0.15) is 5.10 Å². The number of carbonyl (C=O) groups excluding carboxylic acids is 1. The molecule has 1 fully saturated rings. The Morgan fingerprint density at radius 2 is 2.12 bits per heavy atom. The molecule has 8 heteroatoms. The number of fused-ring (bicyclic) bond motifs is 1. The average Bonchev–Trinajstić information content (AvgIpc) is 3.44. The first kappa shape index (κ1) is 17.0. The van der Waals surface area contributed by atoms with Gasteiger partial charge in [0.05, 0.1) is 11.9 Å². The molecule has 1 saturated carbocycles. The van der Waals surface area contributed by atoms with Gasteiger partial charge < -0.3 is 15.3 Å². The van der Waals surface area contributed by atoms with E-state index in [1.54, 1.807) is 9.58 Å². The van der Waals surface area contributed by atoms with Gasteiger partial charge in [0.15, 0.2) is 0 Å². The van der Waals surface area contributed by atoms with E-state index in [4.69, 9.17) is 15.1 Å². The van der Waals surface area contributed by atoms with E-state index in [1.807, 2.05) is 19.4 Å². The topological polar surface area (TPSA) is 96.2 Å². The fraction of sp³-hybridized carbons (Fsp3) is 0.556. The fourth-order valence-corrected chi connectivity index (χ4v) is 3.39. The maximum atomic E-state index is 11.9. The third-order valence-electron chi connectivity index (χ3n) is 5.01. The number of nitrogens with zero attached hydrogens (tertiary/aromatic N) is 5. The lowest BCUT2D eigenvalue weighted by Crippen LogP contribution is -2.35. The number of hydrogen-bond acceptors (Lipinski definition) is 6. The van der Waals surface area contributed by atoms with Crippen molar-refractivity contribution in [1.82, 2.24) is 24.6 Å². The summed E-state index contributed by atoms with van der Waals surface area (Å²) in [5.74, 6) is 2.04. The van der Waals surface area contributed by atoms with Crippen LogP contribution in [-0.4, -0.2) is 55.4 Å². The van der Waals surface area contributed by atoms with Gasteiger partial charge >= 0.3 is 0 Å². The van der Waals surface area contributed by atoms with Crippen molar-refractivity contribution >= 4 is 11.7 Å². The van der Waals surface area contributed by atoms with Crippen molar-refractivity contribution in [2.45, 2.75) is 38.1 Å². The first-order valence-corrected chi connectivity index (χ1v) is 9.13. The number of rotatable bonds is 5. The molecule has 1 amide bonds. The molecule has 2 aromatic heterocycles. The first-order chi connectivity index (χ1) is 12.6. The van der Waals surface area contributed by atoms with Crippen molar-refractivity contribution in [2.24, 2.45) is 7.05 Å². The molecule has 0 spiro atoms. The van der Waals surface area contributed by atoms with Crippen LogP contribution in [0.4, 0.5) is 5.82 Å². The van der Waals surface area contributed by atoms with Crippen LogP contribution in [0.5, 0.6) is 0 Å². The van der Waals surface area contributed by atoms with Gasteiger partial charge in [-0.3, -0.25) is 9.48 Å². The van der Waals surface area contributed by atoms with Gasteiger partial charge in [0.25, 0.3) is 0 Å².